The Kier molecular flexibility index (Phi) is 3.04. The van der Waals surface area contributed by atoms with Crippen molar-refractivity contribution in [3.63, 3.8) is 0 Å². The molecule has 1 aromatic heterocycles. The smallest absolute Gasteiger partial charge is 0.124 e. The molecule has 0 fully saturated rings. The minimum Gasteiger partial charge on any atom is -0.326 e. The van der Waals surface area contributed by atoms with E-state index in [1.807, 2.05) is 30.3 Å². The summed E-state index contributed by atoms with van der Waals surface area (Å²) >= 11 is 7.64. The lowest BCUT2D eigenvalue weighted by atomic mass is 10.1. The van der Waals surface area contributed by atoms with E-state index in [4.69, 9.17) is 17.3 Å². The van der Waals surface area contributed by atoms with Gasteiger partial charge in [-0.2, -0.15) is 0 Å². The number of nitrogens with zero attached hydrogens (tertiary/aromatic N) is 1. The molecule has 1 heterocycles. The van der Waals surface area contributed by atoms with Gasteiger partial charge in [0.2, 0.25) is 0 Å². The van der Waals surface area contributed by atoms with Crippen molar-refractivity contribution in [2.24, 2.45) is 5.73 Å². The second-order valence-corrected chi connectivity index (χ2v) is 5.50. The van der Waals surface area contributed by atoms with Crippen molar-refractivity contribution in [1.29, 1.82) is 0 Å². The maximum atomic E-state index is 5.96. The molecule has 0 aliphatic heterocycles. The van der Waals surface area contributed by atoms with Crippen LogP contribution in [0.25, 0.3) is 20.8 Å². The fraction of sp³-hybridized carbons (Fsp3) is 0.0714. The topological polar surface area (TPSA) is 38.9 Å². The molecule has 0 spiro atoms. The van der Waals surface area contributed by atoms with Gasteiger partial charge in [0.1, 0.15) is 5.01 Å². The third kappa shape index (κ3) is 2.12. The molecule has 0 saturated heterocycles. The summed E-state index contributed by atoms with van der Waals surface area (Å²) in [6, 6.07) is 14.0. The number of halogens is 1. The highest BCUT2D eigenvalue weighted by Crippen LogP contribution is 2.31. The molecule has 3 aromatic rings. The van der Waals surface area contributed by atoms with Crippen LogP contribution in [0.1, 0.15) is 5.56 Å². The van der Waals surface area contributed by atoms with Crippen LogP contribution in [-0.2, 0) is 6.54 Å². The van der Waals surface area contributed by atoms with Crippen LogP contribution in [0.15, 0.2) is 42.5 Å². The molecule has 18 heavy (non-hydrogen) atoms. The lowest BCUT2D eigenvalue weighted by molar-refractivity contribution is 1.07. The summed E-state index contributed by atoms with van der Waals surface area (Å²) in [5.74, 6) is 0. The van der Waals surface area contributed by atoms with Crippen LogP contribution in [-0.4, -0.2) is 4.98 Å². The number of aromatic nitrogens is 1. The van der Waals surface area contributed by atoms with Gasteiger partial charge in [-0.25, -0.2) is 4.98 Å². The highest BCUT2D eigenvalue weighted by atomic mass is 35.5. The molecule has 0 amide bonds. The van der Waals surface area contributed by atoms with Crippen molar-refractivity contribution in [2.75, 3.05) is 0 Å². The standard InChI is InChI=1S/C14H11ClN2S/c15-11-5-6-13-12(7-11)17-14(18-13)10-3-1-9(8-16)2-4-10/h1-7H,8,16H2. The van der Waals surface area contributed by atoms with E-state index in [9.17, 15) is 0 Å². The summed E-state index contributed by atoms with van der Waals surface area (Å²) in [4.78, 5) is 4.60. The monoisotopic (exact) mass is 274 g/mol. The Hall–Kier alpha value is -1.42. The molecule has 3 rings (SSSR count). The van der Waals surface area contributed by atoms with E-state index in [-0.39, 0.29) is 0 Å². The van der Waals surface area contributed by atoms with Gasteiger partial charge in [-0.05, 0) is 23.8 Å². The van der Waals surface area contributed by atoms with E-state index in [1.54, 1.807) is 11.3 Å². The molecule has 4 heteroatoms. The number of rotatable bonds is 2. The Bertz CT molecular complexity index is 689. The Morgan fingerprint density at radius 1 is 1.11 bits per heavy atom. The van der Waals surface area contributed by atoms with Crippen LogP contribution in [0.2, 0.25) is 5.02 Å². The van der Waals surface area contributed by atoms with E-state index < -0.39 is 0 Å². The SMILES string of the molecule is NCc1ccc(-c2nc3cc(Cl)ccc3s2)cc1. The molecule has 2 nitrogen and oxygen atoms in total. The summed E-state index contributed by atoms with van der Waals surface area (Å²) in [6.07, 6.45) is 0. The van der Waals surface area contributed by atoms with Crippen molar-refractivity contribution in [3.05, 3.63) is 53.1 Å². The van der Waals surface area contributed by atoms with Crippen LogP contribution in [0.4, 0.5) is 0 Å². The first-order chi connectivity index (χ1) is 8.76. The number of hydrogen-bond acceptors (Lipinski definition) is 3. The first kappa shape index (κ1) is 11.7. The second kappa shape index (κ2) is 4.69. The van der Waals surface area contributed by atoms with Crippen LogP contribution in [0.3, 0.4) is 0 Å². The van der Waals surface area contributed by atoms with Crippen LogP contribution in [0, 0.1) is 0 Å². The molecule has 2 aromatic carbocycles. The zero-order chi connectivity index (χ0) is 12.5. The largest absolute Gasteiger partial charge is 0.326 e. The zero-order valence-corrected chi connectivity index (χ0v) is 11.1. The van der Waals surface area contributed by atoms with Gasteiger partial charge < -0.3 is 5.73 Å². The van der Waals surface area contributed by atoms with Crippen LogP contribution >= 0.6 is 22.9 Å². The van der Waals surface area contributed by atoms with Crippen molar-refractivity contribution in [3.8, 4) is 10.6 Å². The number of hydrogen-bond donors (Lipinski definition) is 1. The fourth-order valence-corrected chi connectivity index (χ4v) is 2.93. The Morgan fingerprint density at radius 2 is 1.89 bits per heavy atom. The van der Waals surface area contributed by atoms with E-state index in [2.05, 4.69) is 17.1 Å². The minimum atomic E-state index is 0.565. The van der Waals surface area contributed by atoms with Gasteiger partial charge in [-0.3, -0.25) is 0 Å². The van der Waals surface area contributed by atoms with Crippen molar-refractivity contribution < 1.29 is 0 Å². The fourth-order valence-electron chi connectivity index (χ4n) is 1.81. The minimum absolute atomic E-state index is 0.565. The van der Waals surface area contributed by atoms with Gasteiger partial charge in [0, 0.05) is 17.1 Å². The molecular weight excluding hydrogens is 264 g/mol. The predicted octanol–water partition coefficient (Wildman–Crippen LogP) is 4.08. The zero-order valence-electron chi connectivity index (χ0n) is 9.56. The van der Waals surface area contributed by atoms with Crippen LogP contribution in [0.5, 0.6) is 0 Å². The molecule has 0 bridgehead atoms. The Balaban J connectivity index is 2.07. The number of nitrogens with two attached hydrogens (primary N) is 1. The average Bonchev–Trinajstić information content (AvgIpc) is 2.81. The Morgan fingerprint density at radius 3 is 2.61 bits per heavy atom. The highest BCUT2D eigenvalue weighted by molar-refractivity contribution is 7.21. The van der Waals surface area contributed by atoms with Crippen molar-refractivity contribution >= 4 is 33.2 Å². The van der Waals surface area contributed by atoms with E-state index in [1.165, 1.54) is 0 Å². The van der Waals surface area contributed by atoms with Gasteiger partial charge in [-0.1, -0.05) is 35.9 Å². The van der Waals surface area contributed by atoms with Gasteiger partial charge in [0.15, 0.2) is 0 Å². The van der Waals surface area contributed by atoms with E-state index in [0.29, 0.717) is 6.54 Å². The molecule has 0 aliphatic rings. The normalized spacial score (nSPS) is 11.0. The summed E-state index contributed by atoms with van der Waals surface area (Å²) in [5.41, 5.74) is 8.78. The predicted molar refractivity (Wildman–Crippen MR) is 78.0 cm³/mol. The molecule has 0 aliphatic carbocycles. The molecule has 90 valence electrons. The van der Waals surface area contributed by atoms with E-state index in [0.717, 1.165) is 31.4 Å². The quantitative estimate of drug-likeness (QED) is 0.765. The van der Waals surface area contributed by atoms with Gasteiger partial charge in [0.25, 0.3) is 0 Å². The molecule has 0 atom stereocenters. The third-order valence-electron chi connectivity index (χ3n) is 2.79. The van der Waals surface area contributed by atoms with Gasteiger partial charge in [-0.15, -0.1) is 11.3 Å². The molecule has 2 N–H and O–H groups in total. The molecule has 0 radical (unpaired) electrons. The highest BCUT2D eigenvalue weighted by Gasteiger charge is 2.06. The van der Waals surface area contributed by atoms with Gasteiger partial charge >= 0.3 is 0 Å². The first-order valence-corrected chi connectivity index (χ1v) is 6.81. The van der Waals surface area contributed by atoms with Gasteiger partial charge in [0.05, 0.1) is 10.2 Å². The maximum absolute atomic E-state index is 5.96. The van der Waals surface area contributed by atoms with Crippen LogP contribution < -0.4 is 5.73 Å². The summed E-state index contributed by atoms with van der Waals surface area (Å²) in [6.45, 7) is 0.565. The third-order valence-corrected chi connectivity index (χ3v) is 4.11. The van der Waals surface area contributed by atoms with E-state index >= 15 is 0 Å². The number of thiazole rings is 1. The average molecular weight is 275 g/mol. The summed E-state index contributed by atoms with van der Waals surface area (Å²) in [5, 5.41) is 1.73. The lowest BCUT2D eigenvalue weighted by Crippen LogP contribution is -1.94. The first-order valence-electron chi connectivity index (χ1n) is 5.62. The molecule has 0 saturated carbocycles. The lowest BCUT2D eigenvalue weighted by Gasteiger charge is -1.98. The number of fused-ring (bicyclic) bond motifs is 1. The van der Waals surface area contributed by atoms with Crippen molar-refractivity contribution in [2.45, 2.75) is 6.54 Å². The second-order valence-electron chi connectivity index (χ2n) is 4.03. The molecule has 0 unspecified atom stereocenters. The molecular formula is C14H11ClN2S. The van der Waals surface area contributed by atoms with Crippen molar-refractivity contribution in [1.82, 2.24) is 4.98 Å². The summed E-state index contributed by atoms with van der Waals surface area (Å²) in [7, 11) is 0. The Labute approximate surface area is 114 Å². The maximum Gasteiger partial charge on any atom is 0.124 e. The number of benzene rings is 2. The summed E-state index contributed by atoms with van der Waals surface area (Å²) < 4.78 is 1.15.